The van der Waals surface area contributed by atoms with Gasteiger partial charge in [0.2, 0.25) is 5.91 Å². The van der Waals surface area contributed by atoms with Gasteiger partial charge in [-0.2, -0.15) is 0 Å². The number of fused-ring (bicyclic) bond motifs is 1. The maximum absolute atomic E-state index is 12.1. The van der Waals surface area contributed by atoms with Crippen LogP contribution >= 0.6 is 0 Å². The van der Waals surface area contributed by atoms with Crippen molar-refractivity contribution >= 4 is 29.3 Å². The third-order valence-corrected chi connectivity index (χ3v) is 4.85. The lowest BCUT2D eigenvalue weighted by Gasteiger charge is -2.25. The Morgan fingerprint density at radius 3 is 2.72 bits per heavy atom. The molecule has 3 rings (SSSR count). The molecule has 7 heteroatoms. The number of carbonyl (C=O) groups is 2. The molecule has 2 amide bonds. The first kappa shape index (κ1) is 20.4. The van der Waals surface area contributed by atoms with E-state index in [4.69, 9.17) is 5.21 Å². The Hall–Kier alpha value is -3.32. The van der Waals surface area contributed by atoms with Crippen LogP contribution in [-0.2, 0) is 16.0 Å². The molecule has 1 unspecified atom stereocenters. The van der Waals surface area contributed by atoms with Gasteiger partial charge in [-0.05, 0) is 36.3 Å². The summed E-state index contributed by atoms with van der Waals surface area (Å²) in [7, 11) is 0. The minimum Gasteiger partial charge on any atom is -0.363 e. The molecule has 0 aromatic heterocycles. The Labute approximate surface area is 170 Å². The molecule has 2 aromatic carbocycles. The minimum absolute atomic E-state index is 0.0179. The summed E-state index contributed by atoms with van der Waals surface area (Å²) in [5.74, 6) is -0.554. The van der Waals surface area contributed by atoms with Crippen molar-refractivity contribution in [1.29, 1.82) is 0 Å². The average Bonchev–Trinajstić information content (AvgIpc) is 3.09. The maximum atomic E-state index is 12.1. The molecule has 2 aromatic rings. The molecule has 152 valence electrons. The summed E-state index contributed by atoms with van der Waals surface area (Å²) in [6.07, 6.45) is 4.15. The number of hydrogen-bond donors (Lipinski definition) is 4. The lowest BCUT2D eigenvalue weighted by atomic mass is 10.1. The highest BCUT2D eigenvalue weighted by atomic mass is 16.5. The summed E-state index contributed by atoms with van der Waals surface area (Å²) in [4.78, 5) is 25.6. The molecule has 4 N–H and O–H groups in total. The molecule has 0 radical (unpaired) electrons. The standard InChI is InChI=1S/C22H26N4O3/c1-2-26-19-10-8-17(9-11-21(27)25-29)14-18(19)24-20(26)12-13-23-22(28)15-16-6-4-3-5-7-16/h3-11,14,20,24,29H,2,12-13,15H2,1H3,(H,23,28)(H,25,27)/b11-9+. The van der Waals surface area contributed by atoms with E-state index in [1.54, 1.807) is 11.6 Å². The fraction of sp³-hybridized carbons (Fsp3) is 0.273. The Balaban J connectivity index is 1.55. The highest BCUT2D eigenvalue weighted by Gasteiger charge is 2.27. The van der Waals surface area contributed by atoms with E-state index in [9.17, 15) is 9.59 Å². The molecular weight excluding hydrogens is 368 g/mol. The van der Waals surface area contributed by atoms with E-state index >= 15 is 0 Å². The van der Waals surface area contributed by atoms with Crippen molar-refractivity contribution in [1.82, 2.24) is 10.8 Å². The molecule has 0 fully saturated rings. The van der Waals surface area contributed by atoms with Crippen LogP contribution in [-0.4, -0.2) is 36.3 Å². The van der Waals surface area contributed by atoms with E-state index in [2.05, 4.69) is 22.5 Å². The van der Waals surface area contributed by atoms with Gasteiger partial charge in [0.1, 0.15) is 6.17 Å². The first-order valence-corrected chi connectivity index (χ1v) is 9.70. The number of carbonyl (C=O) groups excluding carboxylic acids is 2. The van der Waals surface area contributed by atoms with E-state index < -0.39 is 5.91 Å². The van der Waals surface area contributed by atoms with Crippen molar-refractivity contribution < 1.29 is 14.8 Å². The number of amides is 2. The smallest absolute Gasteiger partial charge is 0.267 e. The zero-order valence-corrected chi connectivity index (χ0v) is 16.4. The van der Waals surface area contributed by atoms with Crippen LogP contribution in [0.1, 0.15) is 24.5 Å². The normalized spacial score (nSPS) is 15.1. The maximum Gasteiger partial charge on any atom is 0.267 e. The third kappa shape index (κ3) is 5.36. The van der Waals surface area contributed by atoms with Gasteiger partial charge in [0.05, 0.1) is 17.8 Å². The van der Waals surface area contributed by atoms with Gasteiger partial charge in [0, 0.05) is 25.6 Å². The quantitative estimate of drug-likeness (QED) is 0.314. The van der Waals surface area contributed by atoms with Gasteiger partial charge < -0.3 is 15.5 Å². The van der Waals surface area contributed by atoms with Crippen LogP contribution in [0.2, 0.25) is 0 Å². The largest absolute Gasteiger partial charge is 0.363 e. The van der Waals surface area contributed by atoms with E-state index in [0.29, 0.717) is 13.0 Å². The fourth-order valence-electron chi connectivity index (χ4n) is 3.47. The molecule has 0 spiro atoms. The molecule has 0 aliphatic carbocycles. The molecule has 29 heavy (non-hydrogen) atoms. The van der Waals surface area contributed by atoms with Crippen LogP contribution in [0.15, 0.2) is 54.6 Å². The second-order valence-electron chi connectivity index (χ2n) is 6.83. The van der Waals surface area contributed by atoms with Gasteiger partial charge in [-0.3, -0.25) is 14.8 Å². The number of rotatable bonds is 8. The van der Waals surface area contributed by atoms with Crippen LogP contribution < -0.4 is 21.0 Å². The minimum atomic E-state index is -0.572. The molecular formula is C22H26N4O3. The zero-order chi connectivity index (χ0) is 20.6. The second kappa shape index (κ2) is 9.75. The molecule has 0 saturated heterocycles. The molecule has 1 aliphatic rings. The second-order valence-corrected chi connectivity index (χ2v) is 6.83. The monoisotopic (exact) mass is 394 g/mol. The Bertz CT molecular complexity index is 883. The fourth-order valence-corrected chi connectivity index (χ4v) is 3.47. The molecule has 0 saturated carbocycles. The Morgan fingerprint density at radius 1 is 1.21 bits per heavy atom. The van der Waals surface area contributed by atoms with E-state index in [1.165, 1.54) is 6.08 Å². The van der Waals surface area contributed by atoms with Gasteiger partial charge in [0.25, 0.3) is 5.91 Å². The predicted molar refractivity (Wildman–Crippen MR) is 114 cm³/mol. The number of anilines is 2. The van der Waals surface area contributed by atoms with Crippen molar-refractivity contribution in [3.8, 4) is 0 Å². The van der Waals surface area contributed by atoms with Crippen molar-refractivity contribution in [2.24, 2.45) is 0 Å². The summed E-state index contributed by atoms with van der Waals surface area (Å²) in [6, 6.07) is 15.6. The summed E-state index contributed by atoms with van der Waals surface area (Å²) in [5.41, 5.74) is 5.51. The van der Waals surface area contributed by atoms with Gasteiger partial charge >= 0.3 is 0 Å². The number of hydrogen-bond acceptors (Lipinski definition) is 5. The predicted octanol–water partition coefficient (Wildman–Crippen LogP) is 2.53. The molecule has 1 atom stereocenters. The summed E-state index contributed by atoms with van der Waals surface area (Å²) in [5, 5.41) is 15.1. The SMILES string of the molecule is CCN1c2ccc(/C=C/C(=O)NO)cc2NC1CCNC(=O)Cc1ccccc1. The molecule has 0 bridgehead atoms. The third-order valence-electron chi connectivity index (χ3n) is 4.85. The van der Waals surface area contributed by atoms with Crippen molar-refractivity contribution in [2.75, 3.05) is 23.3 Å². The van der Waals surface area contributed by atoms with Crippen molar-refractivity contribution in [2.45, 2.75) is 25.9 Å². The van der Waals surface area contributed by atoms with Crippen LogP contribution in [0.3, 0.4) is 0 Å². The van der Waals surface area contributed by atoms with Crippen LogP contribution in [0, 0.1) is 0 Å². The zero-order valence-electron chi connectivity index (χ0n) is 16.4. The number of hydroxylamine groups is 1. The Kier molecular flexibility index (Phi) is 6.86. The van der Waals surface area contributed by atoms with E-state index in [-0.39, 0.29) is 12.1 Å². The van der Waals surface area contributed by atoms with Gasteiger partial charge in [-0.1, -0.05) is 36.4 Å². The van der Waals surface area contributed by atoms with E-state index in [0.717, 1.165) is 35.5 Å². The topological polar surface area (TPSA) is 93.7 Å². The van der Waals surface area contributed by atoms with Crippen LogP contribution in [0.4, 0.5) is 11.4 Å². The molecule has 1 heterocycles. The van der Waals surface area contributed by atoms with Gasteiger partial charge in [-0.15, -0.1) is 0 Å². The average molecular weight is 394 g/mol. The van der Waals surface area contributed by atoms with Crippen LogP contribution in [0.25, 0.3) is 6.08 Å². The summed E-state index contributed by atoms with van der Waals surface area (Å²) in [6.45, 7) is 3.51. The van der Waals surface area contributed by atoms with Crippen molar-refractivity contribution in [3.63, 3.8) is 0 Å². The molecule has 1 aliphatic heterocycles. The van der Waals surface area contributed by atoms with Crippen LogP contribution in [0.5, 0.6) is 0 Å². The number of benzene rings is 2. The first-order chi connectivity index (χ1) is 14.1. The number of nitrogens with zero attached hydrogens (tertiary/aromatic N) is 1. The lowest BCUT2D eigenvalue weighted by Crippen LogP contribution is -2.39. The van der Waals surface area contributed by atoms with E-state index in [1.807, 2.05) is 48.5 Å². The summed E-state index contributed by atoms with van der Waals surface area (Å²) < 4.78 is 0. The van der Waals surface area contributed by atoms with Gasteiger partial charge in [0.15, 0.2) is 0 Å². The highest BCUT2D eigenvalue weighted by molar-refractivity contribution is 5.91. The Morgan fingerprint density at radius 2 is 2.00 bits per heavy atom. The molecule has 7 nitrogen and oxygen atoms in total. The van der Waals surface area contributed by atoms with Crippen molar-refractivity contribution in [3.05, 3.63) is 65.7 Å². The van der Waals surface area contributed by atoms with Gasteiger partial charge in [-0.25, -0.2) is 5.48 Å². The highest BCUT2D eigenvalue weighted by Crippen LogP contribution is 2.36. The summed E-state index contributed by atoms with van der Waals surface area (Å²) >= 11 is 0. The lowest BCUT2D eigenvalue weighted by molar-refractivity contribution is -0.124. The first-order valence-electron chi connectivity index (χ1n) is 9.70. The number of nitrogens with one attached hydrogen (secondary N) is 3.